The van der Waals surface area contributed by atoms with Gasteiger partial charge in [0.05, 0.1) is 17.5 Å². The van der Waals surface area contributed by atoms with E-state index in [-0.39, 0.29) is 12.0 Å². The Labute approximate surface area is 114 Å². The molecule has 0 spiro atoms. The van der Waals surface area contributed by atoms with Crippen LogP contribution in [-0.2, 0) is 17.1 Å². The third-order valence-electron chi connectivity index (χ3n) is 3.84. The number of hydrogen-bond donors (Lipinski definition) is 1. The Balaban J connectivity index is 2.21. The van der Waals surface area contributed by atoms with Crippen LogP contribution in [0.3, 0.4) is 0 Å². The maximum Gasteiger partial charge on any atom is 0.246 e. The van der Waals surface area contributed by atoms with Gasteiger partial charge < -0.3 is 5.11 Å². The van der Waals surface area contributed by atoms with Crippen LogP contribution in [0.2, 0.25) is 0 Å². The Hall–Kier alpha value is -0.920. The summed E-state index contributed by atoms with van der Waals surface area (Å²) >= 11 is 0. The maximum absolute atomic E-state index is 12.6. The number of aliphatic hydroxyl groups excluding tert-OH is 1. The van der Waals surface area contributed by atoms with Crippen molar-refractivity contribution in [1.29, 1.82) is 0 Å². The standard InChI is InChI=1S/C12H21N3O3S/c1-8-12(9(2)15(4)13-8)19(17,18)14(3)7-10-5-11(16)6-10/h10-11,16H,5-7H2,1-4H3. The summed E-state index contributed by atoms with van der Waals surface area (Å²) in [6.45, 7) is 3.92. The van der Waals surface area contributed by atoms with Crippen LogP contribution in [-0.4, -0.2) is 47.3 Å². The summed E-state index contributed by atoms with van der Waals surface area (Å²) < 4.78 is 28.1. The predicted molar refractivity (Wildman–Crippen MR) is 71.2 cm³/mol. The summed E-state index contributed by atoms with van der Waals surface area (Å²) in [6, 6.07) is 0. The summed E-state index contributed by atoms with van der Waals surface area (Å²) in [5.41, 5.74) is 1.18. The van der Waals surface area contributed by atoms with E-state index in [2.05, 4.69) is 5.10 Å². The Bertz CT molecular complexity index is 573. The molecule has 1 aromatic rings. The first-order valence-electron chi connectivity index (χ1n) is 6.38. The molecule has 1 N–H and O–H groups in total. The smallest absolute Gasteiger partial charge is 0.246 e. The first-order chi connectivity index (χ1) is 8.73. The molecule has 1 aromatic heterocycles. The van der Waals surface area contributed by atoms with Crippen LogP contribution in [0.25, 0.3) is 0 Å². The third kappa shape index (κ3) is 2.54. The molecule has 0 aromatic carbocycles. The van der Waals surface area contributed by atoms with Crippen molar-refractivity contribution in [1.82, 2.24) is 14.1 Å². The fraction of sp³-hybridized carbons (Fsp3) is 0.750. The van der Waals surface area contributed by atoms with Gasteiger partial charge in [-0.05, 0) is 32.6 Å². The number of aryl methyl sites for hydroxylation is 2. The van der Waals surface area contributed by atoms with E-state index in [1.165, 1.54) is 4.31 Å². The lowest BCUT2D eigenvalue weighted by Gasteiger charge is -2.34. The van der Waals surface area contributed by atoms with Gasteiger partial charge in [0.15, 0.2) is 0 Å². The first-order valence-corrected chi connectivity index (χ1v) is 7.82. The second-order valence-electron chi connectivity index (χ2n) is 5.40. The minimum Gasteiger partial charge on any atom is -0.393 e. The molecule has 0 amide bonds. The van der Waals surface area contributed by atoms with Gasteiger partial charge in [-0.3, -0.25) is 4.68 Å². The Morgan fingerprint density at radius 3 is 2.42 bits per heavy atom. The zero-order valence-corrected chi connectivity index (χ0v) is 12.6. The average Bonchev–Trinajstić information content (AvgIpc) is 2.50. The van der Waals surface area contributed by atoms with E-state index in [1.54, 1.807) is 32.6 Å². The lowest BCUT2D eigenvalue weighted by atomic mass is 9.82. The molecule has 0 aliphatic heterocycles. The zero-order valence-electron chi connectivity index (χ0n) is 11.8. The normalized spacial score (nSPS) is 23.7. The van der Waals surface area contributed by atoms with Gasteiger partial charge >= 0.3 is 0 Å². The van der Waals surface area contributed by atoms with E-state index < -0.39 is 10.0 Å². The quantitative estimate of drug-likeness (QED) is 0.871. The topological polar surface area (TPSA) is 75.4 Å². The molecule has 108 valence electrons. The van der Waals surface area contributed by atoms with Crippen LogP contribution in [0.4, 0.5) is 0 Å². The molecular weight excluding hydrogens is 266 g/mol. The predicted octanol–water partition coefficient (Wildman–Crippen LogP) is 0.428. The zero-order chi connectivity index (χ0) is 14.4. The number of rotatable bonds is 4. The van der Waals surface area contributed by atoms with Crippen molar-refractivity contribution in [3.8, 4) is 0 Å². The highest BCUT2D eigenvalue weighted by atomic mass is 32.2. The summed E-state index contributed by atoms with van der Waals surface area (Å²) in [7, 11) is -0.171. The van der Waals surface area contributed by atoms with Gasteiger partial charge in [0, 0.05) is 20.6 Å². The Morgan fingerprint density at radius 2 is 2.00 bits per heavy atom. The molecule has 2 rings (SSSR count). The molecule has 6 nitrogen and oxygen atoms in total. The summed E-state index contributed by atoms with van der Waals surface area (Å²) in [5, 5.41) is 13.4. The Kier molecular flexibility index (Phi) is 3.72. The van der Waals surface area contributed by atoms with Gasteiger partial charge in [-0.2, -0.15) is 5.10 Å². The highest BCUT2D eigenvalue weighted by Gasteiger charge is 2.33. The highest BCUT2D eigenvalue weighted by molar-refractivity contribution is 7.89. The van der Waals surface area contributed by atoms with Crippen molar-refractivity contribution in [2.75, 3.05) is 13.6 Å². The van der Waals surface area contributed by atoms with Gasteiger partial charge in [-0.15, -0.1) is 0 Å². The van der Waals surface area contributed by atoms with E-state index in [0.29, 0.717) is 35.7 Å². The second-order valence-corrected chi connectivity index (χ2v) is 7.38. The van der Waals surface area contributed by atoms with E-state index in [1.807, 2.05) is 0 Å². The van der Waals surface area contributed by atoms with Crippen molar-refractivity contribution >= 4 is 10.0 Å². The SMILES string of the molecule is Cc1nn(C)c(C)c1S(=O)(=O)N(C)CC1CC(O)C1. The van der Waals surface area contributed by atoms with Crippen molar-refractivity contribution in [2.45, 2.75) is 37.7 Å². The lowest BCUT2D eigenvalue weighted by molar-refractivity contribution is 0.0367. The van der Waals surface area contributed by atoms with E-state index in [4.69, 9.17) is 0 Å². The third-order valence-corrected chi connectivity index (χ3v) is 5.91. The van der Waals surface area contributed by atoms with Crippen molar-refractivity contribution in [2.24, 2.45) is 13.0 Å². The molecule has 19 heavy (non-hydrogen) atoms. The largest absolute Gasteiger partial charge is 0.393 e. The molecule has 0 saturated heterocycles. The molecule has 1 fully saturated rings. The molecule has 1 saturated carbocycles. The van der Waals surface area contributed by atoms with Crippen molar-refractivity contribution < 1.29 is 13.5 Å². The number of aromatic nitrogens is 2. The number of aliphatic hydroxyl groups is 1. The monoisotopic (exact) mass is 287 g/mol. The Morgan fingerprint density at radius 1 is 1.42 bits per heavy atom. The van der Waals surface area contributed by atoms with Crippen LogP contribution < -0.4 is 0 Å². The van der Waals surface area contributed by atoms with E-state index >= 15 is 0 Å². The maximum atomic E-state index is 12.6. The summed E-state index contributed by atoms with van der Waals surface area (Å²) in [6.07, 6.45) is 1.11. The molecule has 0 unspecified atom stereocenters. The summed E-state index contributed by atoms with van der Waals surface area (Å²) in [4.78, 5) is 0.303. The molecule has 0 radical (unpaired) electrons. The first kappa shape index (κ1) is 14.5. The molecule has 1 aliphatic rings. The minimum absolute atomic E-state index is 0.257. The van der Waals surface area contributed by atoms with Crippen LogP contribution in [0.15, 0.2) is 4.90 Å². The second kappa shape index (κ2) is 4.88. The molecular formula is C12H21N3O3S. The van der Waals surface area contributed by atoms with Crippen LogP contribution in [0.5, 0.6) is 0 Å². The van der Waals surface area contributed by atoms with Gasteiger partial charge in [0.25, 0.3) is 0 Å². The van der Waals surface area contributed by atoms with Gasteiger partial charge in [-0.25, -0.2) is 12.7 Å². The number of sulfonamides is 1. The molecule has 0 atom stereocenters. The lowest BCUT2D eigenvalue weighted by Crippen LogP contribution is -2.39. The molecule has 0 bridgehead atoms. The number of hydrogen-bond acceptors (Lipinski definition) is 4. The molecule has 7 heteroatoms. The van der Waals surface area contributed by atoms with Gasteiger partial charge in [0.2, 0.25) is 10.0 Å². The van der Waals surface area contributed by atoms with Crippen LogP contribution in [0, 0.1) is 19.8 Å². The minimum atomic E-state index is -3.50. The fourth-order valence-corrected chi connectivity index (χ4v) is 4.23. The highest BCUT2D eigenvalue weighted by Crippen LogP contribution is 2.30. The average molecular weight is 287 g/mol. The molecule has 1 heterocycles. The fourth-order valence-electron chi connectivity index (χ4n) is 2.59. The number of nitrogens with zero attached hydrogens (tertiary/aromatic N) is 3. The van der Waals surface area contributed by atoms with E-state index in [9.17, 15) is 13.5 Å². The molecule has 1 aliphatic carbocycles. The van der Waals surface area contributed by atoms with E-state index in [0.717, 1.165) is 0 Å². The van der Waals surface area contributed by atoms with Gasteiger partial charge in [-0.1, -0.05) is 0 Å². The van der Waals surface area contributed by atoms with Crippen LogP contribution in [0.1, 0.15) is 24.2 Å². The summed E-state index contributed by atoms with van der Waals surface area (Å²) in [5.74, 6) is 0.257. The van der Waals surface area contributed by atoms with Crippen molar-refractivity contribution in [3.05, 3.63) is 11.4 Å². The van der Waals surface area contributed by atoms with Gasteiger partial charge in [0.1, 0.15) is 4.90 Å². The van der Waals surface area contributed by atoms with Crippen LogP contribution >= 0.6 is 0 Å². The van der Waals surface area contributed by atoms with Crippen molar-refractivity contribution in [3.63, 3.8) is 0 Å².